The van der Waals surface area contributed by atoms with Crippen LogP contribution < -0.4 is 16.6 Å². The van der Waals surface area contributed by atoms with Crippen molar-refractivity contribution in [1.29, 1.82) is 0 Å². The molecule has 8 heteroatoms. The molecular weight excluding hydrogens is 242 g/mol. The number of hydrogen-bond acceptors (Lipinski definition) is 4. The summed E-state index contributed by atoms with van der Waals surface area (Å²) < 4.78 is 0.725. The number of rotatable bonds is 3. The lowest BCUT2D eigenvalue weighted by molar-refractivity contribution is -0.143. The number of carboxylic acid groups (broad SMARTS) is 1. The maximum Gasteiger partial charge on any atom is 0.328 e. The van der Waals surface area contributed by atoms with E-state index in [0.29, 0.717) is 0 Å². The molecule has 0 bridgehead atoms. The molecule has 1 amide bonds. The number of nitrogens with one attached hydrogen (secondary N) is 2. The van der Waals surface area contributed by atoms with E-state index in [4.69, 9.17) is 5.11 Å². The van der Waals surface area contributed by atoms with Gasteiger partial charge in [0.2, 0.25) is 0 Å². The fourth-order valence-corrected chi connectivity index (χ4v) is 1.13. The van der Waals surface area contributed by atoms with Gasteiger partial charge in [0.15, 0.2) is 0 Å². The molecule has 1 aromatic heterocycles. The fourth-order valence-electron chi connectivity index (χ4n) is 1.13. The minimum Gasteiger partial charge on any atom is -0.480 e. The van der Waals surface area contributed by atoms with Crippen molar-refractivity contribution in [3.8, 4) is 0 Å². The third kappa shape index (κ3) is 2.47. The third-order valence-corrected chi connectivity index (χ3v) is 2.38. The molecule has 3 N–H and O–H groups in total. The van der Waals surface area contributed by atoms with Crippen LogP contribution in [0.1, 0.15) is 24.2 Å². The fraction of sp³-hybridized carbons (Fsp3) is 0.400. The second kappa shape index (κ2) is 4.47. The van der Waals surface area contributed by atoms with E-state index in [-0.39, 0.29) is 5.56 Å². The van der Waals surface area contributed by atoms with Gasteiger partial charge in [-0.3, -0.25) is 14.2 Å². The molecule has 18 heavy (non-hydrogen) atoms. The van der Waals surface area contributed by atoms with E-state index in [2.05, 4.69) is 10.3 Å². The zero-order valence-corrected chi connectivity index (χ0v) is 10.1. The first kappa shape index (κ1) is 13.7. The number of carbonyl (C=O) groups excluding carboxylic acids is 1. The zero-order chi connectivity index (χ0) is 14.1. The number of aromatic nitrogens is 2. The molecule has 1 rings (SSSR count). The molecule has 0 saturated carbocycles. The van der Waals surface area contributed by atoms with Crippen LogP contribution in [0, 0.1) is 0 Å². The highest BCUT2D eigenvalue weighted by atomic mass is 16.4. The van der Waals surface area contributed by atoms with Gasteiger partial charge in [-0.05, 0) is 13.8 Å². The van der Waals surface area contributed by atoms with Crippen LogP contribution in [0.5, 0.6) is 0 Å². The average molecular weight is 255 g/mol. The van der Waals surface area contributed by atoms with Crippen molar-refractivity contribution in [2.24, 2.45) is 7.05 Å². The molecular formula is C10H13N3O5. The molecule has 0 spiro atoms. The van der Waals surface area contributed by atoms with Crippen LogP contribution in [0.2, 0.25) is 0 Å². The minimum atomic E-state index is -1.52. The Bertz CT molecular complexity index is 611. The highest BCUT2D eigenvalue weighted by Gasteiger charge is 2.30. The zero-order valence-electron chi connectivity index (χ0n) is 10.1. The average Bonchev–Trinajstić information content (AvgIpc) is 2.25. The SMILES string of the molecule is Cn1c(=O)[nH]cc(C(=O)NC(C)(C)C(=O)O)c1=O. The number of hydrogen-bond donors (Lipinski definition) is 3. The normalized spacial score (nSPS) is 11.1. The molecule has 0 radical (unpaired) electrons. The van der Waals surface area contributed by atoms with Crippen LogP contribution in [0.4, 0.5) is 0 Å². The van der Waals surface area contributed by atoms with E-state index >= 15 is 0 Å². The molecule has 8 nitrogen and oxygen atoms in total. The first-order chi connectivity index (χ1) is 8.16. The summed E-state index contributed by atoms with van der Waals surface area (Å²) in [4.78, 5) is 47.5. The van der Waals surface area contributed by atoms with Gasteiger partial charge >= 0.3 is 11.7 Å². The number of nitrogens with zero attached hydrogens (tertiary/aromatic N) is 1. The van der Waals surface area contributed by atoms with E-state index in [1.807, 2.05) is 0 Å². The molecule has 98 valence electrons. The summed E-state index contributed by atoms with van der Waals surface area (Å²) in [6.07, 6.45) is 0.956. The topological polar surface area (TPSA) is 121 Å². The molecule has 0 fully saturated rings. The number of carbonyl (C=O) groups is 2. The molecule has 0 atom stereocenters. The summed E-state index contributed by atoms with van der Waals surface area (Å²) in [7, 11) is 1.21. The first-order valence-corrected chi connectivity index (χ1v) is 5.01. The Labute approximate surface area is 101 Å². The van der Waals surface area contributed by atoms with Crippen LogP contribution in [0.3, 0.4) is 0 Å². The van der Waals surface area contributed by atoms with Gasteiger partial charge in [-0.1, -0.05) is 0 Å². The van der Waals surface area contributed by atoms with Crippen molar-refractivity contribution in [2.45, 2.75) is 19.4 Å². The molecule has 0 unspecified atom stereocenters. The standard InChI is InChI=1S/C10H13N3O5/c1-10(2,8(16)17)12-6(14)5-4-11-9(18)13(3)7(5)15/h4H,1-3H3,(H,11,18)(H,12,14)(H,16,17). The van der Waals surface area contributed by atoms with Crippen molar-refractivity contribution < 1.29 is 14.7 Å². The van der Waals surface area contributed by atoms with Crippen molar-refractivity contribution >= 4 is 11.9 Å². The van der Waals surface area contributed by atoms with E-state index in [1.54, 1.807) is 0 Å². The number of H-pyrrole nitrogens is 1. The summed E-state index contributed by atoms with van der Waals surface area (Å²) in [5.74, 6) is -2.10. The van der Waals surface area contributed by atoms with Gasteiger partial charge in [-0.15, -0.1) is 0 Å². The van der Waals surface area contributed by atoms with Crippen LogP contribution in [-0.4, -0.2) is 32.1 Å². The number of aromatic amines is 1. The molecule has 0 aromatic carbocycles. The predicted molar refractivity (Wildman–Crippen MR) is 61.5 cm³/mol. The molecule has 1 heterocycles. The minimum absolute atomic E-state index is 0.327. The van der Waals surface area contributed by atoms with Crippen molar-refractivity contribution in [2.75, 3.05) is 0 Å². The predicted octanol–water partition coefficient (Wildman–Crippen LogP) is -1.33. The van der Waals surface area contributed by atoms with Crippen molar-refractivity contribution in [1.82, 2.24) is 14.9 Å². The Morgan fingerprint density at radius 1 is 1.39 bits per heavy atom. The van der Waals surface area contributed by atoms with Crippen LogP contribution >= 0.6 is 0 Å². The Morgan fingerprint density at radius 3 is 2.44 bits per heavy atom. The monoisotopic (exact) mass is 255 g/mol. The quantitative estimate of drug-likeness (QED) is 0.617. The van der Waals surface area contributed by atoms with Crippen LogP contribution in [-0.2, 0) is 11.8 Å². The third-order valence-electron chi connectivity index (χ3n) is 2.38. The van der Waals surface area contributed by atoms with E-state index < -0.39 is 28.7 Å². The maximum absolute atomic E-state index is 11.7. The lowest BCUT2D eigenvalue weighted by Crippen LogP contribution is -2.51. The van der Waals surface area contributed by atoms with Gasteiger partial charge < -0.3 is 15.4 Å². The Balaban J connectivity index is 3.15. The van der Waals surface area contributed by atoms with Gasteiger partial charge in [0.1, 0.15) is 11.1 Å². The highest BCUT2D eigenvalue weighted by Crippen LogP contribution is 2.02. The van der Waals surface area contributed by atoms with Crippen molar-refractivity contribution in [3.63, 3.8) is 0 Å². The Kier molecular flexibility index (Phi) is 3.40. The molecule has 0 aliphatic rings. The van der Waals surface area contributed by atoms with Gasteiger partial charge in [-0.25, -0.2) is 9.59 Å². The smallest absolute Gasteiger partial charge is 0.328 e. The summed E-state index contributed by atoms with van der Waals surface area (Å²) in [6, 6.07) is 0. The summed E-state index contributed by atoms with van der Waals surface area (Å²) in [5, 5.41) is 11.0. The van der Waals surface area contributed by atoms with Gasteiger partial charge in [0.05, 0.1) is 0 Å². The molecule has 0 aliphatic carbocycles. The van der Waals surface area contributed by atoms with Crippen LogP contribution in [0.15, 0.2) is 15.8 Å². The second-order valence-electron chi connectivity index (χ2n) is 4.26. The number of carboxylic acids is 1. The van der Waals surface area contributed by atoms with Gasteiger partial charge in [0, 0.05) is 13.2 Å². The number of aliphatic carboxylic acids is 1. The summed E-state index contributed by atoms with van der Waals surface area (Å²) >= 11 is 0. The second-order valence-corrected chi connectivity index (χ2v) is 4.26. The molecule has 0 aliphatic heterocycles. The van der Waals surface area contributed by atoms with Gasteiger partial charge in [0.25, 0.3) is 11.5 Å². The Hall–Kier alpha value is -2.38. The maximum atomic E-state index is 11.7. The van der Waals surface area contributed by atoms with Gasteiger partial charge in [-0.2, -0.15) is 0 Å². The van der Waals surface area contributed by atoms with Crippen LogP contribution in [0.25, 0.3) is 0 Å². The molecule has 0 saturated heterocycles. The number of amides is 1. The summed E-state index contributed by atoms with van der Waals surface area (Å²) in [5.41, 5.74) is -3.30. The van der Waals surface area contributed by atoms with Crippen molar-refractivity contribution in [3.05, 3.63) is 32.6 Å². The lowest BCUT2D eigenvalue weighted by Gasteiger charge is -2.20. The highest BCUT2D eigenvalue weighted by molar-refractivity contribution is 5.97. The van der Waals surface area contributed by atoms with E-state index in [9.17, 15) is 19.2 Å². The van der Waals surface area contributed by atoms with E-state index in [1.165, 1.54) is 20.9 Å². The van der Waals surface area contributed by atoms with E-state index in [0.717, 1.165) is 10.8 Å². The molecule has 1 aromatic rings. The largest absolute Gasteiger partial charge is 0.480 e. The summed E-state index contributed by atoms with van der Waals surface area (Å²) in [6.45, 7) is 2.56. The lowest BCUT2D eigenvalue weighted by atomic mass is 10.1. The Morgan fingerprint density at radius 2 is 1.94 bits per heavy atom. The first-order valence-electron chi connectivity index (χ1n) is 5.01.